The van der Waals surface area contributed by atoms with Gasteiger partial charge in [-0.2, -0.15) is 4.39 Å². The standard InChI is InChI=1S/C14H16F2N2O3/c1-7-3-4-11(8(7)2)17-14(19)10-5-9(15)6-12(13(10)16)18(20)21/h5-8,11H,3-4H2,1-2H3,(H,17,19). The van der Waals surface area contributed by atoms with E-state index in [1.165, 1.54) is 0 Å². The zero-order chi connectivity index (χ0) is 15.7. The van der Waals surface area contributed by atoms with Crippen molar-refractivity contribution in [2.45, 2.75) is 32.7 Å². The SMILES string of the molecule is CC1CCC(NC(=O)c2cc(F)cc([N+](=O)[O-])c2F)C1C. The van der Waals surface area contributed by atoms with E-state index >= 15 is 0 Å². The van der Waals surface area contributed by atoms with Crippen molar-refractivity contribution >= 4 is 11.6 Å². The van der Waals surface area contributed by atoms with Crippen molar-refractivity contribution in [1.29, 1.82) is 0 Å². The zero-order valence-electron chi connectivity index (χ0n) is 11.7. The fourth-order valence-corrected chi connectivity index (χ4v) is 2.69. The summed E-state index contributed by atoms with van der Waals surface area (Å²) < 4.78 is 27.3. The largest absolute Gasteiger partial charge is 0.349 e. The van der Waals surface area contributed by atoms with E-state index in [-0.39, 0.29) is 12.0 Å². The van der Waals surface area contributed by atoms with Crippen LogP contribution in [0.5, 0.6) is 0 Å². The summed E-state index contributed by atoms with van der Waals surface area (Å²) in [5.41, 5.74) is -1.67. The summed E-state index contributed by atoms with van der Waals surface area (Å²) in [6, 6.07) is 1.02. The average molecular weight is 298 g/mol. The van der Waals surface area contributed by atoms with E-state index in [1.807, 2.05) is 6.92 Å². The van der Waals surface area contributed by atoms with E-state index in [9.17, 15) is 23.7 Å². The average Bonchev–Trinajstić information content (AvgIpc) is 2.72. The van der Waals surface area contributed by atoms with Crippen molar-refractivity contribution in [2.75, 3.05) is 0 Å². The number of carbonyl (C=O) groups is 1. The lowest BCUT2D eigenvalue weighted by molar-refractivity contribution is -0.387. The normalized spacial score (nSPS) is 24.9. The third-order valence-corrected chi connectivity index (χ3v) is 4.24. The summed E-state index contributed by atoms with van der Waals surface area (Å²) in [4.78, 5) is 21.7. The molecule has 1 aliphatic rings. The van der Waals surface area contributed by atoms with Crippen LogP contribution in [0.4, 0.5) is 14.5 Å². The number of hydrogen-bond acceptors (Lipinski definition) is 3. The third kappa shape index (κ3) is 3.01. The monoisotopic (exact) mass is 298 g/mol. The van der Waals surface area contributed by atoms with Gasteiger partial charge in [-0.05, 0) is 30.7 Å². The molecular formula is C14H16F2N2O3. The van der Waals surface area contributed by atoms with Crippen molar-refractivity contribution in [2.24, 2.45) is 11.8 Å². The van der Waals surface area contributed by atoms with Gasteiger partial charge in [0.05, 0.1) is 16.6 Å². The molecule has 1 aromatic carbocycles. The molecule has 0 spiro atoms. The second-order valence-corrected chi connectivity index (χ2v) is 5.54. The van der Waals surface area contributed by atoms with E-state index in [4.69, 9.17) is 0 Å². The van der Waals surface area contributed by atoms with Gasteiger partial charge in [0.1, 0.15) is 5.82 Å². The van der Waals surface area contributed by atoms with Crippen molar-refractivity contribution < 1.29 is 18.5 Å². The number of nitro groups is 1. The Morgan fingerprint density at radius 3 is 2.52 bits per heavy atom. The van der Waals surface area contributed by atoms with Crippen LogP contribution in [0, 0.1) is 33.6 Å². The Labute approximate surface area is 120 Å². The van der Waals surface area contributed by atoms with E-state index < -0.39 is 33.7 Å². The van der Waals surface area contributed by atoms with Crippen LogP contribution in [-0.4, -0.2) is 16.9 Å². The van der Waals surface area contributed by atoms with Gasteiger partial charge >= 0.3 is 5.69 Å². The first-order valence-electron chi connectivity index (χ1n) is 6.75. The topological polar surface area (TPSA) is 72.2 Å². The van der Waals surface area contributed by atoms with Gasteiger partial charge in [-0.3, -0.25) is 14.9 Å². The predicted octanol–water partition coefficient (Wildman–Crippen LogP) is 3.04. The maximum atomic E-state index is 13.9. The van der Waals surface area contributed by atoms with Crippen LogP contribution in [0.1, 0.15) is 37.0 Å². The Morgan fingerprint density at radius 2 is 2.00 bits per heavy atom. The molecule has 0 bridgehead atoms. The fraction of sp³-hybridized carbons (Fsp3) is 0.500. The van der Waals surface area contributed by atoms with Crippen molar-refractivity contribution in [3.05, 3.63) is 39.4 Å². The summed E-state index contributed by atoms with van der Waals surface area (Å²) in [5, 5.41) is 13.3. The summed E-state index contributed by atoms with van der Waals surface area (Å²) >= 11 is 0. The highest BCUT2D eigenvalue weighted by Crippen LogP contribution is 2.31. The summed E-state index contributed by atoms with van der Waals surface area (Å²) in [6.07, 6.45) is 1.70. The molecule has 1 amide bonds. The molecule has 1 aromatic rings. The Morgan fingerprint density at radius 1 is 1.33 bits per heavy atom. The van der Waals surface area contributed by atoms with E-state index in [1.54, 1.807) is 0 Å². The molecule has 114 valence electrons. The molecule has 3 atom stereocenters. The second kappa shape index (κ2) is 5.75. The number of rotatable bonds is 3. The molecule has 1 aliphatic carbocycles. The van der Waals surface area contributed by atoms with Crippen LogP contribution < -0.4 is 5.32 Å². The summed E-state index contributed by atoms with van der Waals surface area (Å²) in [7, 11) is 0. The van der Waals surface area contributed by atoms with Crippen LogP contribution in [0.15, 0.2) is 12.1 Å². The highest BCUT2D eigenvalue weighted by Gasteiger charge is 2.32. The van der Waals surface area contributed by atoms with Gasteiger partial charge in [0.2, 0.25) is 5.82 Å². The zero-order valence-corrected chi connectivity index (χ0v) is 11.7. The van der Waals surface area contributed by atoms with Gasteiger partial charge in [0.25, 0.3) is 5.91 Å². The molecular weight excluding hydrogens is 282 g/mol. The minimum Gasteiger partial charge on any atom is -0.349 e. The molecule has 1 N–H and O–H groups in total. The Bertz CT molecular complexity index is 592. The number of benzene rings is 1. The molecule has 21 heavy (non-hydrogen) atoms. The van der Waals surface area contributed by atoms with Gasteiger partial charge in [-0.1, -0.05) is 13.8 Å². The Kier molecular flexibility index (Phi) is 4.20. The molecule has 0 radical (unpaired) electrons. The number of halogens is 2. The molecule has 7 heteroatoms. The molecule has 0 heterocycles. The van der Waals surface area contributed by atoms with Crippen molar-refractivity contribution in [1.82, 2.24) is 5.32 Å². The first-order valence-corrected chi connectivity index (χ1v) is 6.75. The lowest BCUT2D eigenvalue weighted by Gasteiger charge is -2.19. The highest BCUT2D eigenvalue weighted by molar-refractivity contribution is 5.95. The van der Waals surface area contributed by atoms with Crippen LogP contribution in [0.2, 0.25) is 0 Å². The van der Waals surface area contributed by atoms with Crippen molar-refractivity contribution in [3.63, 3.8) is 0 Å². The van der Waals surface area contributed by atoms with Crippen LogP contribution in [-0.2, 0) is 0 Å². The Hall–Kier alpha value is -2.05. The Balaban J connectivity index is 2.25. The molecule has 3 unspecified atom stereocenters. The quantitative estimate of drug-likeness (QED) is 0.688. The molecule has 1 fully saturated rings. The van der Waals surface area contributed by atoms with Crippen molar-refractivity contribution in [3.8, 4) is 0 Å². The maximum Gasteiger partial charge on any atom is 0.308 e. The minimum atomic E-state index is -1.31. The first kappa shape index (κ1) is 15.3. The van der Waals surface area contributed by atoms with Crippen LogP contribution in [0.25, 0.3) is 0 Å². The van der Waals surface area contributed by atoms with Gasteiger partial charge < -0.3 is 5.32 Å². The number of nitro benzene ring substituents is 1. The van der Waals surface area contributed by atoms with Gasteiger partial charge in [0.15, 0.2) is 0 Å². The van der Waals surface area contributed by atoms with Gasteiger partial charge in [-0.15, -0.1) is 0 Å². The minimum absolute atomic E-state index is 0.130. The summed E-state index contributed by atoms with van der Waals surface area (Å²) in [5.74, 6) is -2.48. The molecule has 0 aromatic heterocycles. The van der Waals surface area contributed by atoms with E-state index in [0.29, 0.717) is 18.1 Å². The number of carbonyl (C=O) groups excluding carboxylic acids is 1. The second-order valence-electron chi connectivity index (χ2n) is 5.54. The smallest absolute Gasteiger partial charge is 0.308 e. The lowest BCUT2D eigenvalue weighted by Crippen LogP contribution is -2.37. The van der Waals surface area contributed by atoms with E-state index in [2.05, 4.69) is 12.2 Å². The number of amides is 1. The lowest BCUT2D eigenvalue weighted by atomic mass is 9.97. The highest BCUT2D eigenvalue weighted by atomic mass is 19.1. The molecule has 0 saturated heterocycles. The maximum absolute atomic E-state index is 13.9. The predicted molar refractivity (Wildman–Crippen MR) is 71.8 cm³/mol. The molecule has 1 saturated carbocycles. The number of nitrogens with one attached hydrogen (secondary N) is 1. The third-order valence-electron chi connectivity index (χ3n) is 4.24. The van der Waals surface area contributed by atoms with Gasteiger partial charge in [-0.25, -0.2) is 4.39 Å². The summed E-state index contributed by atoms with van der Waals surface area (Å²) in [6.45, 7) is 4.04. The number of hydrogen-bond donors (Lipinski definition) is 1. The molecule has 0 aliphatic heterocycles. The molecule has 5 nitrogen and oxygen atoms in total. The fourth-order valence-electron chi connectivity index (χ4n) is 2.69. The first-order chi connectivity index (χ1) is 9.81. The van der Waals surface area contributed by atoms with E-state index in [0.717, 1.165) is 12.8 Å². The van der Waals surface area contributed by atoms with Crippen LogP contribution in [0.3, 0.4) is 0 Å². The van der Waals surface area contributed by atoms with Gasteiger partial charge in [0, 0.05) is 6.04 Å². The number of nitrogens with zero attached hydrogens (tertiary/aromatic N) is 1. The van der Waals surface area contributed by atoms with Crippen LogP contribution >= 0.6 is 0 Å². The molecule has 2 rings (SSSR count).